The minimum Gasteiger partial charge on any atom is -0.359 e. The predicted octanol–water partition coefficient (Wildman–Crippen LogP) is 3.76. The Bertz CT molecular complexity index is 786. The lowest BCUT2D eigenvalue weighted by Crippen LogP contribution is -3.20. The molecule has 2 aromatic carbocycles. The second-order valence-electron chi connectivity index (χ2n) is 8.71. The van der Waals surface area contributed by atoms with Crippen LogP contribution in [0.2, 0.25) is 0 Å². The molecule has 4 heteroatoms. The molecule has 0 aromatic heterocycles. The van der Waals surface area contributed by atoms with Gasteiger partial charge in [0.15, 0.2) is 5.11 Å². The Kier molecular flexibility index (Phi) is 5.98. The molecule has 148 valence electrons. The van der Waals surface area contributed by atoms with Crippen LogP contribution in [0, 0.1) is 13.8 Å². The predicted molar refractivity (Wildman–Crippen MR) is 121 cm³/mol. The number of anilines is 1. The summed E-state index contributed by atoms with van der Waals surface area (Å²) < 4.78 is 0. The Labute approximate surface area is 174 Å². The normalized spacial score (nSPS) is 26.5. The second-order valence-corrected chi connectivity index (χ2v) is 9.11. The molecule has 2 heterocycles. The highest BCUT2D eigenvalue weighted by molar-refractivity contribution is 7.80. The molecule has 2 aliphatic rings. The van der Waals surface area contributed by atoms with Gasteiger partial charge in [0.05, 0.1) is 12.1 Å². The maximum atomic E-state index is 5.64. The number of piperidine rings is 2. The Morgan fingerprint density at radius 1 is 1.00 bits per heavy atom. The minimum atomic E-state index is 0.487. The van der Waals surface area contributed by atoms with Gasteiger partial charge in [0.1, 0.15) is 6.54 Å². The van der Waals surface area contributed by atoms with Crippen molar-refractivity contribution < 1.29 is 4.90 Å². The number of rotatable bonds is 4. The Morgan fingerprint density at radius 2 is 1.64 bits per heavy atom. The number of fused-ring (bicyclic) bond motifs is 2. The van der Waals surface area contributed by atoms with Crippen molar-refractivity contribution in [2.45, 2.75) is 70.6 Å². The number of quaternary nitrogens is 1. The van der Waals surface area contributed by atoms with E-state index < -0.39 is 0 Å². The van der Waals surface area contributed by atoms with E-state index in [9.17, 15) is 0 Å². The van der Waals surface area contributed by atoms with Crippen molar-refractivity contribution in [2.24, 2.45) is 0 Å². The van der Waals surface area contributed by atoms with Gasteiger partial charge < -0.3 is 15.5 Å². The first-order chi connectivity index (χ1) is 13.6. The van der Waals surface area contributed by atoms with Crippen molar-refractivity contribution in [3.05, 3.63) is 65.2 Å². The summed E-state index contributed by atoms with van der Waals surface area (Å²) in [5.74, 6) is 0. The zero-order chi connectivity index (χ0) is 19.5. The van der Waals surface area contributed by atoms with Gasteiger partial charge in [0.25, 0.3) is 0 Å². The van der Waals surface area contributed by atoms with Gasteiger partial charge in [-0.05, 0) is 68.6 Å². The van der Waals surface area contributed by atoms with Gasteiger partial charge in [-0.25, -0.2) is 0 Å². The lowest BCUT2D eigenvalue weighted by Gasteiger charge is -2.46. The van der Waals surface area contributed by atoms with Crippen molar-refractivity contribution >= 4 is 23.0 Å². The maximum absolute atomic E-state index is 5.64. The summed E-state index contributed by atoms with van der Waals surface area (Å²) in [7, 11) is 0. The largest absolute Gasteiger partial charge is 0.359 e. The van der Waals surface area contributed by atoms with Crippen molar-refractivity contribution in [2.75, 3.05) is 5.32 Å². The van der Waals surface area contributed by atoms with E-state index in [1.807, 2.05) is 0 Å². The maximum Gasteiger partial charge on any atom is 0.171 e. The van der Waals surface area contributed by atoms with E-state index in [4.69, 9.17) is 12.2 Å². The number of nitrogens with one attached hydrogen (secondary N) is 3. The van der Waals surface area contributed by atoms with Crippen LogP contribution >= 0.6 is 12.2 Å². The third-order valence-corrected chi connectivity index (χ3v) is 6.58. The van der Waals surface area contributed by atoms with Crippen LogP contribution in [0.3, 0.4) is 0 Å². The molecule has 2 saturated heterocycles. The highest BCUT2D eigenvalue weighted by Crippen LogP contribution is 2.23. The van der Waals surface area contributed by atoms with Crippen LogP contribution in [0.5, 0.6) is 0 Å². The summed E-state index contributed by atoms with van der Waals surface area (Å²) in [6.45, 7) is 5.41. The summed E-state index contributed by atoms with van der Waals surface area (Å²) >= 11 is 5.64. The minimum absolute atomic E-state index is 0.487. The molecule has 0 unspecified atom stereocenters. The van der Waals surface area contributed by atoms with Gasteiger partial charge in [0, 0.05) is 30.1 Å². The lowest BCUT2D eigenvalue weighted by atomic mass is 9.81. The van der Waals surface area contributed by atoms with Crippen LogP contribution in [0.1, 0.15) is 48.8 Å². The van der Waals surface area contributed by atoms with Crippen LogP contribution < -0.4 is 15.5 Å². The zero-order valence-electron chi connectivity index (χ0n) is 17.0. The topological polar surface area (TPSA) is 28.5 Å². The van der Waals surface area contributed by atoms with E-state index in [1.165, 1.54) is 48.8 Å². The monoisotopic (exact) mass is 394 g/mol. The molecule has 3 nitrogen and oxygen atoms in total. The van der Waals surface area contributed by atoms with Gasteiger partial charge in [-0.3, -0.25) is 0 Å². The van der Waals surface area contributed by atoms with Crippen LogP contribution in [-0.4, -0.2) is 23.2 Å². The number of aryl methyl sites for hydroxylation is 2. The molecular weight excluding hydrogens is 362 g/mol. The third kappa shape index (κ3) is 4.73. The Hall–Kier alpha value is -1.91. The molecule has 3 N–H and O–H groups in total. The molecule has 2 atom stereocenters. The molecule has 2 bridgehead atoms. The smallest absolute Gasteiger partial charge is 0.171 e. The summed E-state index contributed by atoms with van der Waals surface area (Å²) in [5.41, 5.74) is 5.07. The summed E-state index contributed by atoms with van der Waals surface area (Å²) in [6, 6.07) is 19.5. The van der Waals surface area contributed by atoms with Gasteiger partial charge in [-0.1, -0.05) is 36.4 Å². The Morgan fingerprint density at radius 3 is 2.29 bits per heavy atom. The average molecular weight is 395 g/mol. The standard InChI is InChI=1S/C24H31N3S/c1-17-11-18(2)13-20(12-17)25-24(28)26-21-14-22-9-6-10-23(15-21)27(22)16-19-7-4-3-5-8-19/h3-5,7-8,11-13,21-23H,6,9-10,14-16H2,1-2H3,(H2,25,26,28)/p+1/t22-,23-/m1/s1. The first kappa shape index (κ1) is 19.4. The zero-order valence-corrected chi connectivity index (χ0v) is 17.8. The number of thiocarbonyl (C=S) groups is 1. The van der Waals surface area contributed by atoms with Crippen molar-refractivity contribution in [1.29, 1.82) is 0 Å². The fraction of sp³-hybridized carbons (Fsp3) is 0.458. The molecule has 0 aliphatic carbocycles. The molecule has 0 saturated carbocycles. The molecule has 2 aromatic rings. The lowest BCUT2D eigenvalue weighted by molar-refractivity contribution is -0.973. The van der Waals surface area contributed by atoms with E-state index in [-0.39, 0.29) is 0 Å². The van der Waals surface area contributed by atoms with E-state index in [1.54, 1.807) is 4.90 Å². The Balaban J connectivity index is 1.36. The molecule has 0 spiro atoms. The van der Waals surface area contributed by atoms with Crippen molar-refractivity contribution in [3.63, 3.8) is 0 Å². The first-order valence-electron chi connectivity index (χ1n) is 10.6. The van der Waals surface area contributed by atoms with Gasteiger partial charge >= 0.3 is 0 Å². The summed E-state index contributed by atoms with van der Waals surface area (Å²) in [4.78, 5) is 1.80. The fourth-order valence-electron chi connectivity index (χ4n) is 5.27. The third-order valence-electron chi connectivity index (χ3n) is 6.36. The van der Waals surface area contributed by atoms with Gasteiger partial charge in [0.2, 0.25) is 0 Å². The SMILES string of the molecule is Cc1cc(C)cc(NC(=S)NC2C[C@H]3CCC[C@H](C2)[NH+]3Cc2ccccc2)c1. The molecular formula is C24H32N3S+. The van der Waals surface area contributed by atoms with Crippen LogP contribution in [0.15, 0.2) is 48.5 Å². The van der Waals surface area contributed by atoms with E-state index in [0.29, 0.717) is 6.04 Å². The van der Waals surface area contributed by atoms with Crippen LogP contribution in [0.25, 0.3) is 0 Å². The molecule has 0 radical (unpaired) electrons. The van der Waals surface area contributed by atoms with E-state index >= 15 is 0 Å². The number of hydrogen-bond acceptors (Lipinski definition) is 1. The molecule has 2 aliphatic heterocycles. The van der Waals surface area contributed by atoms with Gasteiger partial charge in [-0.15, -0.1) is 0 Å². The number of hydrogen-bond donors (Lipinski definition) is 3. The average Bonchev–Trinajstić information content (AvgIpc) is 2.62. The van der Waals surface area contributed by atoms with Crippen molar-refractivity contribution in [3.8, 4) is 0 Å². The quantitative estimate of drug-likeness (QED) is 0.690. The van der Waals surface area contributed by atoms with E-state index in [2.05, 4.69) is 73.0 Å². The molecule has 28 heavy (non-hydrogen) atoms. The van der Waals surface area contributed by atoms with E-state index in [0.717, 1.165) is 29.4 Å². The highest BCUT2D eigenvalue weighted by Gasteiger charge is 2.41. The second kappa shape index (κ2) is 8.62. The van der Waals surface area contributed by atoms with Crippen molar-refractivity contribution in [1.82, 2.24) is 5.32 Å². The van der Waals surface area contributed by atoms with Gasteiger partial charge in [-0.2, -0.15) is 0 Å². The molecule has 2 fully saturated rings. The first-order valence-corrected chi connectivity index (χ1v) is 11.0. The summed E-state index contributed by atoms with van der Waals surface area (Å²) in [5, 5.41) is 7.79. The highest BCUT2D eigenvalue weighted by atomic mass is 32.1. The number of benzene rings is 2. The van der Waals surface area contributed by atoms with Crippen LogP contribution in [-0.2, 0) is 6.54 Å². The fourth-order valence-corrected chi connectivity index (χ4v) is 5.56. The molecule has 4 rings (SSSR count). The molecule has 0 amide bonds. The summed E-state index contributed by atoms with van der Waals surface area (Å²) in [6.07, 6.45) is 6.49. The van der Waals surface area contributed by atoms with Crippen LogP contribution in [0.4, 0.5) is 5.69 Å².